The zero-order chi connectivity index (χ0) is 16.8. The molecule has 7 heteroatoms. The van der Waals surface area contributed by atoms with Crippen LogP contribution in [0.25, 0.3) is 0 Å². The molecule has 0 heterocycles. The van der Waals surface area contributed by atoms with E-state index in [0.717, 1.165) is 12.8 Å². The van der Waals surface area contributed by atoms with Crippen LogP contribution in [-0.2, 0) is 14.8 Å². The van der Waals surface area contributed by atoms with E-state index in [4.69, 9.17) is 5.73 Å². The molecular formula is C15H24N2O4S. The minimum Gasteiger partial charge on any atom is -0.465 e. The largest absolute Gasteiger partial charge is 0.465 e. The lowest BCUT2D eigenvalue weighted by Crippen LogP contribution is -2.40. The van der Waals surface area contributed by atoms with Crippen LogP contribution in [0.15, 0.2) is 23.1 Å². The molecule has 6 nitrogen and oxygen atoms in total. The third kappa shape index (κ3) is 4.79. The molecule has 124 valence electrons. The molecule has 0 radical (unpaired) electrons. The Hall–Kier alpha value is -1.44. The van der Waals surface area contributed by atoms with Gasteiger partial charge in [-0.05, 0) is 37.1 Å². The second kappa shape index (κ2) is 8.26. The number of hydrogen-bond acceptors (Lipinski definition) is 5. The monoisotopic (exact) mass is 328 g/mol. The van der Waals surface area contributed by atoms with Gasteiger partial charge in [-0.25, -0.2) is 17.9 Å². The van der Waals surface area contributed by atoms with Gasteiger partial charge < -0.3 is 10.5 Å². The number of methoxy groups -OCH3 is 1. The Kier molecular flexibility index (Phi) is 6.99. The molecule has 1 aromatic rings. The number of sulfonamides is 1. The maximum Gasteiger partial charge on any atom is 0.338 e. The van der Waals surface area contributed by atoms with Gasteiger partial charge in [-0.3, -0.25) is 0 Å². The first kappa shape index (κ1) is 18.6. The van der Waals surface area contributed by atoms with Gasteiger partial charge in [0.25, 0.3) is 0 Å². The number of nitrogens with two attached hydrogens (primary N) is 1. The topological polar surface area (TPSA) is 98.5 Å². The highest BCUT2D eigenvalue weighted by Crippen LogP contribution is 2.17. The Labute approximate surface area is 132 Å². The van der Waals surface area contributed by atoms with Crippen molar-refractivity contribution in [2.75, 3.05) is 13.7 Å². The molecule has 0 saturated carbocycles. The van der Waals surface area contributed by atoms with Gasteiger partial charge in [-0.15, -0.1) is 0 Å². The molecule has 1 atom stereocenters. The summed E-state index contributed by atoms with van der Waals surface area (Å²) in [5.74, 6) is -0.489. The van der Waals surface area contributed by atoms with E-state index < -0.39 is 16.0 Å². The maximum atomic E-state index is 12.4. The number of benzene rings is 1. The number of hydrogen-bond donors (Lipinski definition) is 2. The Bertz CT molecular complexity index is 614. The molecule has 0 saturated heterocycles. The Balaban J connectivity index is 2.98. The lowest BCUT2D eigenvalue weighted by molar-refractivity contribution is 0.0600. The maximum absolute atomic E-state index is 12.4. The standard InChI is InChI=1S/C15H24N2O4S/c1-4-5-6-12(10-16)17-22(19,20)13-7-8-14(11(2)9-13)15(18)21-3/h7-9,12,17H,4-6,10,16H2,1-3H3. The molecule has 1 unspecified atom stereocenters. The first-order chi connectivity index (χ1) is 10.4. The number of nitrogens with one attached hydrogen (secondary N) is 1. The summed E-state index contributed by atoms with van der Waals surface area (Å²) in [4.78, 5) is 11.7. The third-order valence-corrected chi connectivity index (χ3v) is 4.94. The second-order valence-electron chi connectivity index (χ2n) is 5.16. The number of ether oxygens (including phenoxy) is 1. The van der Waals surface area contributed by atoms with Crippen LogP contribution in [0, 0.1) is 6.92 Å². The van der Waals surface area contributed by atoms with Crippen molar-refractivity contribution in [2.24, 2.45) is 5.73 Å². The minimum atomic E-state index is -3.66. The van der Waals surface area contributed by atoms with E-state index in [0.29, 0.717) is 17.5 Å². The summed E-state index contributed by atoms with van der Waals surface area (Å²) >= 11 is 0. The molecule has 0 aliphatic rings. The SMILES string of the molecule is CCCCC(CN)NS(=O)(=O)c1ccc(C(=O)OC)c(C)c1. The molecule has 22 heavy (non-hydrogen) atoms. The van der Waals surface area contributed by atoms with E-state index in [-0.39, 0.29) is 17.5 Å². The van der Waals surface area contributed by atoms with Crippen molar-refractivity contribution in [3.8, 4) is 0 Å². The predicted octanol–water partition coefficient (Wildman–Crippen LogP) is 1.58. The van der Waals surface area contributed by atoms with Gasteiger partial charge in [0.1, 0.15) is 0 Å². The fraction of sp³-hybridized carbons (Fsp3) is 0.533. The van der Waals surface area contributed by atoms with Gasteiger partial charge in [-0.1, -0.05) is 19.8 Å². The molecule has 1 rings (SSSR count). The zero-order valence-corrected chi connectivity index (χ0v) is 14.1. The molecule has 0 amide bonds. The lowest BCUT2D eigenvalue weighted by atomic mass is 10.1. The Morgan fingerprint density at radius 1 is 1.41 bits per heavy atom. The van der Waals surface area contributed by atoms with Crippen molar-refractivity contribution in [1.82, 2.24) is 4.72 Å². The summed E-state index contributed by atoms with van der Waals surface area (Å²) in [5, 5.41) is 0. The quantitative estimate of drug-likeness (QED) is 0.706. The van der Waals surface area contributed by atoms with E-state index in [1.54, 1.807) is 6.92 Å². The van der Waals surface area contributed by atoms with Gasteiger partial charge >= 0.3 is 5.97 Å². The molecule has 0 aliphatic carbocycles. The highest BCUT2D eigenvalue weighted by Gasteiger charge is 2.20. The van der Waals surface area contributed by atoms with Crippen LogP contribution >= 0.6 is 0 Å². The van der Waals surface area contributed by atoms with Crippen LogP contribution in [0.2, 0.25) is 0 Å². The molecule has 0 aliphatic heterocycles. The number of unbranched alkanes of at least 4 members (excludes halogenated alkanes) is 1. The highest BCUT2D eigenvalue weighted by molar-refractivity contribution is 7.89. The van der Waals surface area contributed by atoms with E-state index >= 15 is 0 Å². The number of carbonyl (C=O) groups is 1. The fourth-order valence-electron chi connectivity index (χ4n) is 2.11. The van der Waals surface area contributed by atoms with Crippen molar-refractivity contribution >= 4 is 16.0 Å². The average molecular weight is 328 g/mol. The average Bonchev–Trinajstić information content (AvgIpc) is 2.50. The number of esters is 1. The number of rotatable bonds is 8. The van der Waals surface area contributed by atoms with Crippen LogP contribution in [-0.4, -0.2) is 34.1 Å². The Morgan fingerprint density at radius 2 is 2.09 bits per heavy atom. The summed E-state index contributed by atoms with van der Waals surface area (Å²) in [6.07, 6.45) is 2.58. The van der Waals surface area contributed by atoms with Crippen molar-refractivity contribution in [1.29, 1.82) is 0 Å². The first-order valence-corrected chi connectivity index (χ1v) is 8.75. The smallest absolute Gasteiger partial charge is 0.338 e. The molecule has 3 N–H and O–H groups in total. The summed E-state index contributed by atoms with van der Waals surface area (Å²) in [5.41, 5.74) is 6.52. The van der Waals surface area contributed by atoms with Gasteiger partial charge in [-0.2, -0.15) is 0 Å². The zero-order valence-electron chi connectivity index (χ0n) is 13.3. The Morgan fingerprint density at radius 3 is 2.59 bits per heavy atom. The molecule has 0 fully saturated rings. The second-order valence-corrected chi connectivity index (χ2v) is 6.88. The van der Waals surface area contributed by atoms with Crippen molar-refractivity contribution < 1.29 is 17.9 Å². The van der Waals surface area contributed by atoms with Crippen LogP contribution in [0.5, 0.6) is 0 Å². The van der Waals surface area contributed by atoms with Crippen molar-refractivity contribution in [3.63, 3.8) is 0 Å². The normalized spacial score (nSPS) is 12.9. The number of carbonyl (C=O) groups excluding carboxylic acids is 1. The van der Waals surface area contributed by atoms with Gasteiger partial charge in [0.05, 0.1) is 17.6 Å². The molecule has 0 aromatic heterocycles. The summed E-state index contributed by atoms with van der Waals surface area (Å²) < 4.78 is 32.0. The summed E-state index contributed by atoms with van der Waals surface area (Å²) in [6, 6.07) is 4.03. The van der Waals surface area contributed by atoms with Gasteiger partial charge in [0, 0.05) is 12.6 Å². The number of aryl methyl sites for hydroxylation is 1. The first-order valence-electron chi connectivity index (χ1n) is 7.27. The van der Waals surface area contributed by atoms with Crippen LogP contribution < -0.4 is 10.5 Å². The molecule has 0 bridgehead atoms. The van der Waals surface area contributed by atoms with Crippen LogP contribution in [0.1, 0.15) is 42.1 Å². The summed E-state index contributed by atoms with van der Waals surface area (Å²) in [6.45, 7) is 3.96. The minimum absolute atomic E-state index is 0.118. The fourth-order valence-corrected chi connectivity index (χ4v) is 3.47. The lowest BCUT2D eigenvalue weighted by Gasteiger charge is -2.17. The third-order valence-electron chi connectivity index (χ3n) is 3.43. The van der Waals surface area contributed by atoms with Crippen molar-refractivity contribution in [2.45, 2.75) is 44.0 Å². The predicted molar refractivity (Wildman–Crippen MR) is 85.2 cm³/mol. The van der Waals surface area contributed by atoms with Crippen LogP contribution in [0.4, 0.5) is 0 Å². The van der Waals surface area contributed by atoms with E-state index in [2.05, 4.69) is 9.46 Å². The molecular weight excluding hydrogens is 304 g/mol. The van der Waals surface area contributed by atoms with Crippen LogP contribution in [0.3, 0.4) is 0 Å². The highest BCUT2D eigenvalue weighted by atomic mass is 32.2. The molecule has 1 aromatic carbocycles. The van der Waals surface area contributed by atoms with Gasteiger partial charge in [0.15, 0.2) is 0 Å². The van der Waals surface area contributed by atoms with E-state index in [1.807, 2.05) is 6.92 Å². The molecule has 0 spiro atoms. The van der Waals surface area contributed by atoms with E-state index in [1.165, 1.54) is 25.3 Å². The van der Waals surface area contributed by atoms with Gasteiger partial charge in [0.2, 0.25) is 10.0 Å². The summed E-state index contributed by atoms with van der Waals surface area (Å²) in [7, 11) is -2.37. The van der Waals surface area contributed by atoms with Crippen molar-refractivity contribution in [3.05, 3.63) is 29.3 Å². The van der Waals surface area contributed by atoms with E-state index in [9.17, 15) is 13.2 Å².